The zero-order chi connectivity index (χ0) is 51.4. The summed E-state index contributed by atoms with van der Waals surface area (Å²) in [5.41, 5.74) is 0. The van der Waals surface area contributed by atoms with Crippen molar-refractivity contribution in [3.05, 3.63) is 134 Å². The summed E-state index contributed by atoms with van der Waals surface area (Å²) in [6.07, 6.45) is 81.5. The molecule has 0 aromatic heterocycles. The van der Waals surface area contributed by atoms with Gasteiger partial charge in [-0.2, -0.15) is 0 Å². The molecule has 0 radical (unpaired) electrons. The molecule has 0 rings (SSSR count). The molecule has 0 unspecified atom stereocenters. The largest absolute Gasteiger partial charge is 0.462 e. The van der Waals surface area contributed by atoms with Gasteiger partial charge < -0.3 is 14.2 Å². The van der Waals surface area contributed by atoms with Crippen LogP contribution in [0.2, 0.25) is 0 Å². The molecule has 0 aromatic carbocycles. The summed E-state index contributed by atoms with van der Waals surface area (Å²) in [5, 5.41) is 0. The third-order valence-electron chi connectivity index (χ3n) is 11.6. The second-order valence-corrected chi connectivity index (χ2v) is 18.4. The van der Waals surface area contributed by atoms with Gasteiger partial charge >= 0.3 is 17.9 Å². The van der Waals surface area contributed by atoms with Gasteiger partial charge in [0.25, 0.3) is 0 Å². The Bertz CT molecular complexity index is 1460. The fraction of sp³-hybridized carbons (Fsp3) is 0.615. The van der Waals surface area contributed by atoms with Gasteiger partial charge in [0.15, 0.2) is 6.10 Å². The molecule has 71 heavy (non-hydrogen) atoms. The molecule has 400 valence electrons. The van der Waals surface area contributed by atoms with E-state index in [0.717, 1.165) is 148 Å². The van der Waals surface area contributed by atoms with Crippen molar-refractivity contribution in [2.24, 2.45) is 0 Å². The maximum Gasteiger partial charge on any atom is 0.306 e. The summed E-state index contributed by atoms with van der Waals surface area (Å²) in [7, 11) is 0. The molecular weight excluding hydrogens is 877 g/mol. The topological polar surface area (TPSA) is 78.9 Å². The van der Waals surface area contributed by atoms with Crippen LogP contribution >= 0.6 is 0 Å². The van der Waals surface area contributed by atoms with Crippen LogP contribution in [0.1, 0.15) is 239 Å². The normalized spacial score (nSPS) is 12.7. The van der Waals surface area contributed by atoms with Crippen molar-refractivity contribution in [2.75, 3.05) is 13.2 Å². The summed E-state index contributed by atoms with van der Waals surface area (Å²) in [5.74, 6) is -0.987. The summed E-state index contributed by atoms with van der Waals surface area (Å²) in [6, 6.07) is 0. The molecule has 6 nitrogen and oxygen atoms in total. The third-order valence-corrected chi connectivity index (χ3v) is 11.6. The molecule has 0 amide bonds. The zero-order valence-corrected chi connectivity index (χ0v) is 45.7. The van der Waals surface area contributed by atoms with E-state index < -0.39 is 6.10 Å². The molecule has 0 aliphatic carbocycles. The smallest absolute Gasteiger partial charge is 0.306 e. The summed E-state index contributed by atoms with van der Waals surface area (Å²) < 4.78 is 16.8. The molecule has 0 saturated heterocycles. The number of allylic oxidation sites excluding steroid dienone is 22. The first-order valence-corrected chi connectivity index (χ1v) is 28.7. The minimum atomic E-state index is -0.816. The molecule has 0 aliphatic rings. The second kappa shape index (κ2) is 58.1. The lowest BCUT2D eigenvalue weighted by molar-refractivity contribution is -0.167. The fourth-order valence-electron chi connectivity index (χ4n) is 7.37. The Kier molecular flexibility index (Phi) is 54.5. The predicted molar refractivity (Wildman–Crippen MR) is 306 cm³/mol. The monoisotopic (exact) mass is 981 g/mol. The number of ether oxygens (including phenoxy) is 3. The van der Waals surface area contributed by atoms with E-state index in [4.69, 9.17) is 14.2 Å². The highest BCUT2D eigenvalue weighted by molar-refractivity contribution is 5.71. The lowest BCUT2D eigenvalue weighted by atomic mass is 10.1. The molecule has 0 N–H and O–H groups in total. The van der Waals surface area contributed by atoms with Crippen molar-refractivity contribution < 1.29 is 28.6 Å². The standard InChI is InChI=1S/C65H104O6/c1-4-7-10-13-16-19-22-25-28-30-32-34-37-39-42-45-48-51-54-57-63(66)69-60-62(71-65(68)59-56-53-50-47-44-41-36-27-24-21-18-15-12-9-6-3)61-70-64(67)58-55-52-49-46-43-40-38-35-33-31-29-26-23-20-17-14-11-8-5-2/h7-8,10-11,16-17,19-20,25-29,32-36,39-40,42-43,62H,4-6,9,12-15,18,21-24,30-31,37-38,41,44-61H2,1-3H3/b10-7-,11-8-,19-16-,20-17-,28-25-,29-26-,34-32-,35-33-,36-27-,42-39-,43-40-. The maximum atomic E-state index is 12.9. The minimum absolute atomic E-state index is 0.114. The Morgan fingerprint density at radius 1 is 0.296 bits per heavy atom. The summed E-state index contributed by atoms with van der Waals surface area (Å²) >= 11 is 0. The van der Waals surface area contributed by atoms with Gasteiger partial charge in [-0.25, -0.2) is 0 Å². The Morgan fingerprint density at radius 3 is 0.887 bits per heavy atom. The predicted octanol–water partition coefficient (Wildman–Crippen LogP) is 19.4. The molecule has 0 bridgehead atoms. The lowest BCUT2D eigenvalue weighted by Gasteiger charge is -2.18. The minimum Gasteiger partial charge on any atom is -0.462 e. The molecule has 0 fully saturated rings. The Labute approximate surface area is 436 Å². The van der Waals surface area contributed by atoms with Crippen molar-refractivity contribution in [3.63, 3.8) is 0 Å². The van der Waals surface area contributed by atoms with E-state index in [1.165, 1.54) is 51.4 Å². The fourth-order valence-corrected chi connectivity index (χ4v) is 7.37. The Hall–Kier alpha value is -4.45. The van der Waals surface area contributed by atoms with Crippen LogP contribution in [0.4, 0.5) is 0 Å². The van der Waals surface area contributed by atoms with Crippen molar-refractivity contribution in [1.29, 1.82) is 0 Å². The zero-order valence-electron chi connectivity index (χ0n) is 45.7. The van der Waals surface area contributed by atoms with Crippen molar-refractivity contribution in [2.45, 2.75) is 245 Å². The molecular formula is C65H104O6. The SMILES string of the molecule is CC/C=C\C/C=C\C/C=C\C/C=C\C/C=C\CCCCCC(=O)OCC(COC(=O)CCCCC/C=C\C/C=C\C/C=C\C/C=C\C/C=C\CC)OC(=O)CCCCCCC/C=C\CCCCCCCC. The van der Waals surface area contributed by atoms with Crippen LogP contribution in [0.15, 0.2) is 134 Å². The number of unbranched alkanes of at least 4 members (excludes halogenated alkanes) is 17. The van der Waals surface area contributed by atoms with E-state index in [0.29, 0.717) is 19.3 Å². The number of hydrogen-bond acceptors (Lipinski definition) is 6. The van der Waals surface area contributed by atoms with Crippen LogP contribution in [0.3, 0.4) is 0 Å². The summed E-state index contributed by atoms with van der Waals surface area (Å²) in [4.78, 5) is 38.2. The van der Waals surface area contributed by atoms with E-state index >= 15 is 0 Å². The molecule has 6 heteroatoms. The van der Waals surface area contributed by atoms with Crippen LogP contribution in [0, 0.1) is 0 Å². The van der Waals surface area contributed by atoms with Crippen LogP contribution in [0.5, 0.6) is 0 Å². The van der Waals surface area contributed by atoms with Gasteiger partial charge in [-0.15, -0.1) is 0 Å². The lowest BCUT2D eigenvalue weighted by Crippen LogP contribution is -2.30. The van der Waals surface area contributed by atoms with Crippen LogP contribution < -0.4 is 0 Å². The molecule has 0 saturated carbocycles. The number of rotatable bonds is 50. The average Bonchev–Trinajstić information content (AvgIpc) is 3.37. The van der Waals surface area contributed by atoms with E-state index in [2.05, 4.69) is 154 Å². The number of hydrogen-bond donors (Lipinski definition) is 0. The van der Waals surface area contributed by atoms with Gasteiger partial charge in [0.2, 0.25) is 0 Å². The van der Waals surface area contributed by atoms with Crippen molar-refractivity contribution in [3.8, 4) is 0 Å². The summed E-state index contributed by atoms with van der Waals surface area (Å²) in [6.45, 7) is 6.34. The first-order valence-electron chi connectivity index (χ1n) is 28.7. The second-order valence-electron chi connectivity index (χ2n) is 18.4. The Morgan fingerprint density at radius 2 is 0.549 bits per heavy atom. The molecule has 0 spiro atoms. The van der Waals surface area contributed by atoms with E-state index in [1.54, 1.807) is 0 Å². The highest BCUT2D eigenvalue weighted by atomic mass is 16.6. The van der Waals surface area contributed by atoms with Crippen LogP contribution in [0.25, 0.3) is 0 Å². The third kappa shape index (κ3) is 56.3. The number of carbonyl (C=O) groups is 3. The van der Waals surface area contributed by atoms with Crippen molar-refractivity contribution >= 4 is 17.9 Å². The van der Waals surface area contributed by atoms with Crippen LogP contribution in [-0.4, -0.2) is 37.2 Å². The van der Waals surface area contributed by atoms with Gasteiger partial charge in [-0.1, -0.05) is 219 Å². The van der Waals surface area contributed by atoms with Crippen LogP contribution in [-0.2, 0) is 28.6 Å². The first-order chi connectivity index (χ1) is 35.0. The number of esters is 3. The highest BCUT2D eigenvalue weighted by Gasteiger charge is 2.19. The van der Waals surface area contributed by atoms with Gasteiger partial charge in [-0.3, -0.25) is 14.4 Å². The molecule has 0 aromatic rings. The molecule has 0 aliphatic heterocycles. The Balaban J connectivity index is 4.54. The van der Waals surface area contributed by atoms with Gasteiger partial charge in [0.05, 0.1) is 0 Å². The van der Waals surface area contributed by atoms with Gasteiger partial charge in [0.1, 0.15) is 13.2 Å². The molecule has 0 atom stereocenters. The van der Waals surface area contributed by atoms with E-state index in [9.17, 15) is 14.4 Å². The number of carbonyl (C=O) groups excluding carboxylic acids is 3. The average molecular weight is 982 g/mol. The van der Waals surface area contributed by atoms with Crippen molar-refractivity contribution in [1.82, 2.24) is 0 Å². The van der Waals surface area contributed by atoms with Gasteiger partial charge in [-0.05, 0) is 135 Å². The highest BCUT2D eigenvalue weighted by Crippen LogP contribution is 2.13. The van der Waals surface area contributed by atoms with E-state index in [1.807, 2.05) is 0 Å². The van der Waals surface area contributed by atoms with Gasteiger partial charge in [0, 0.05) is 19.3 Å². The first kappa shape index (κ1) is 66.6. The maximum absolute atomic E-state index is 12.9. The van der Waals surface area contributed by atoms with E-state index in [-0.39, 0.29) is 31.1 Å². The molecule has 0 heterocycles. The quantitative estimate of drug-likeness (QED) is 0.0262.